The van der Waals surface area contributed by atoms with E-state index in [4.69, 9.17) is 0 Å². The van der Waals surface area contributed by atoms with Crippen molar-refractivity contribution in [2.75, 3.05) is 20.1 Å². The van der Waals surface area contributed by atoms with E-state index in [0.717, 1.165) is 0 Å². The van der Waals surface area contributed by atoms with Crippen LogP contribution in [0.3, 0.4) is 0 Å². The molecule has 0 radical (unpaired) electrons. The number of nitrogens with zero attached hydrogens (tertiary/aromatic N) is 2. The van der Waals surface area contributed by atoms with Crippen molar-refractivity contribution in [1.82, 2.24) is 14.9 Å². The highest BCUT2D eigenvalue weighted by Crippen LogP contribution is 2.02. The molecule has 0 aliphatic carbocycles. The fraction of sp³-hybridized carbons (Fsp3) is 0.400. The molecular formula is C15H23N3. The molecule has 2 aromatic rings. The largest absolute Gasteiger partial charge is 0.365 e. The summed E-state index contributed by atoms with van der Waals surface area (Å²) < 4.78 is 0. The van der Waals surface area contributed by atoms with Gasteiger partial charge in [0.15, 0.2) is 0 Å². The van der Waals surface area contributed by atoms with Crippen LogP contribution in [-0.4, -0.2) is 35.0 Å². The third-order valence-corrected chi connectivity index (χ3v) is 2.65. The molecule has 1 fully saturated rings. The number of H-pyrrole nitrogens is 1. The van der Waals surface area contributed by atoms with Crippen LogP contribution < -0.4 is 0 Å². The van der Waals surface area contributed by atoms with Crippen LogP contribution in [0.2, 0.25) is 0 Å². The lowest BCUT2D eigenvalue weighted by atomic mass is 10.4. The van der Waals surface area contributed by atoms with Crippen molar-refractivity contribution in [3.8, 4) is 0 Å². The lowest BCUT2D eigenvalue weighted by molar-refractivity contribution is 0.418. The van der Waals surface area contributed by atoms with Gasteiger partial charge in [-0.05, 0) is 64.2 Å². The van der Waals surface area contributed by atoms with Gasteiger partial charge in [-0.1, -0.05) is 6.07 Å². The lowest BCUT2D eigenvalue weighted by Crippen LogP contribution is -2.10. The average Bonchev–Trinajstić information content (AvgIpc) is 3.07. The first-order valence-corrected chi connectivity index (χ1v) is 6.42. The molecule has 0 unspecified atom stereocenters. The van der Waals surface area contributed by atoms with Crippen LogP contribution in [-0.2, 0) is 0 Å². The first-order valence-electron chi connectivity index (χ1n) is 6.42. The molecule has 0 spiro atoms. The zero-order valence-electron chi connectivity index (χ0n) is 11.3. The van der Waals surface area contributed by atoms with Gasteiger partial charge in [0.2, 0.25) is 0 Å². The standard InChI is InChI=1S/C5H11N.C5H7N.C5H5N/c1-6-4-2-3-5-6;1-5-3-2-4-6-5;1-2-4-6-5-3-1/h2-5H2,1H3;2-4,6H,1H3;1-5H. The van der Waals surface area contributed by atoms with Gasteiger partial charge in [-0.25, -0.2) is 0 Å². The number of rotatable bonds is 0. The Morgan fingerprint density at radius 2 is 1.72 bits per heavy atom. The van der Waals surface area contributed by atoms with Gasteiger partial charge in [0, 0.05) is 24.3 Å². The third-order valence-electron chi connectivity index (χ3n) is 2.65. The number of hydrogen-bond acceptors (Lipinski definition) is 2. The first-order chi connectivity index (χ1) is 8.79. The molecule has 1 saturated heterocycles. The van der Waals surface area contributed by atoms with E-state index < -0.39 is 0 Å². The van der Waals surface area contributed by atoms with Crippen LogP contribution >= 0.6 is 0 Å². The van der Waals surface area contributed by atoms with Crippen molar-refractivity contribution in [2.24, 2.45) is 0 Å². The second-order valence-electron chi connectivity index (χ2n) is 4.39. The molecule has 0 amide bonds. The Morgan fingerprint density at radius 3 is 1.89 bits per heavy atom. The average molecular weight is 245 g/mol. The number of pyridine rings is 1. The number of likely N-dealkylation sites (tertiary alicyclic amines) is 1. The summed E-state index contributed by atoms with van der Waals surface area (Å²) in [5, 5.41) is 0. The molecule has 2 aromatic heterocycles. The van der Waals surface area contributed by atoms with E-state index in [1.165, 1.54) is 31.6 Å². The van der Waals surface area contributed by atoms with Gasteiger partial charge in [-0.3, -0.25) is 4.98 Å². The third kappa shape index (κ3) is 7.63. The monoisotopic (exact) mass is 245 g/mol. The Hall–Kier alpha value is -1.61. The first kappa shape index (κ1) is 14.5. The van der Waals surface area contributed by atoms with Crippen molar-refractivity contribution >= 4 is 0 Å². The maximum Gasteiger partial charge on any atom is 0.0267 e. The van der Waals surface area contributed by atoms with E-state index in [-0.39, 0.29) is 0 Å². The molecule has 0 aromatic carbocycles. The zero-order valence-corrected chi connectivity index (χ0v) is 11.3. The van der Waals surface area contributed by atoms with Crippen LogP contribution in [0.4, 0.5) is 0 Å². The highest BCUT2D eigenvalue weighted by Gasteiger charge is 2.03. The fourth-order valence-corrected chi connectivity index (χ4v) is 1.61. The summed E-state index contributed by atoms with van der Waals surface area (Å²) in [6.07, 6.45) is 8.24. The molecule has 0 saturated carbocycles. The van der Waals surface area contributed by atoms with Crippen LogP contribution in [0, 0.1) is 6.92 Å². The second-order valence-corrected chi connectivity index (χ2v) is 4.39. The summed E-state index contributed by atoms with van der Waals surface area (Å²) in [6, 6.07) is 9.72. The summed E-state index contributed by atoms with van der Waals surface area (Å²) in [6.45, 7) is 4.67. The summed E-state index contributed by atoms with van der Waals surface area (Å²) in [4.78, 5) is 9.15. The molecule has 1 aliphatic heterocycles. The van der Waals surface area contributed by atoms with Crippen molar-refractivity contribution < 1.29 is 0 Å². The van der Waals surface area contributed by atoms with Gasteiger partial charge >= 0.3 is 0 Å². The SMILES string of the molecule is CN1CCCC1.Cc1ccc[nH]1.c1ccncc1. The zero-order chi connectivity index (χ0) is 13.1. The molecule has 0 atom stereocenters. The predicted octanol–water partition coefficient (Wildman–Crippen LogP) is 3.12. The maximum absolute atomic E-state index is 3.78. The van der Waals surface area contributed by atoms with Crippen LogP contribution in [0.15, 0.2) is 48.9 Å². The number of aromatic nitrogens is 2. The maximum atomic E-state index is 3.78. The molecule has 3 heterocycles. The van der Waals surface area contributed by atoms with E-state index in [9.17, 15) is 0 Å². The Labute approximate surface area is 110 Å². The molecule has 1 aliphatic rings. The highest BCUT2D eigenvalue weighted by atomic mass is 15.1. The van der Waals surface area contributed by atoms with E-state index in [2.05, 4.69) is 21.9 Å². The van der Waals surface area contributed by atoms with Gasteiger partial charge in [0.05, 0.1) is 0 Å². The minimum absolute atomic E-state index is 1.22. The van der Waals surface area contributed by atoms with Gasteiger partial charge < -0.3 is 9.88 Å². The molecule has 0 bridgehead atoms. The molecule has 3 rings (SSSR count). The van der Waals surface area contributed by atoms with Crippen molar-refractivity contribution in [2.45, 2.75) is 19.8 Å². The van der Waals surface area contributed by atoms with Gasteiger partial charge in [0.25, 0.3) is 0 Å². The summed E-state index contributed by atoms with van der Waals surface area (Å²) in [5.74, 6) is 0. The minimum Gasteiger partial charge on any atom is -0.365 e. The molecule has 3 heteroatoms. The Bertz CT molecular complexity index is 337. The van der Waals surface area contributed by atoms with Crippen LogP contribution in [0.1, 0.15) is 18.5 Å². The topological polar surface area (TPSA) is 31.9 Å². The van der Waals surface area contributed by atoms with E-state index in [1.807, 2.05) is 43.5 Å². The fourth-order valence-electron chi connectivity index (χ4n) is 1.61. The summed E-state index contributed by atoms with van der Waals surface area (Å²) >= 11 is 0. The van der Waals surface area contributed by atoms with Crippen LogP contribution in [0.25, 0.3) is 0 Å². The lowest BCUT2D eigenvalue weighted by Gasteiger charge is -2.01. The van der Waals surface area contributed by atoms with Gasteiger partial charge in [-0.2, -0.15) is 0 Å². The Balaban J connectivity index is 0.000000135. The molecule has 3 nitrogen and oxygen atoms in total. The predicted molar refractivity (Wildman–Crippen MR) is 76.5 cm³/mol. The minimum atomic E-state index is 1.22. The number of nitrogens with one attached hydrogen (secondary N) is 1. The normalized spacial score (nSPS) is 14.1. The number of aryl methyl sites for hydroxylation is 1. The molecular weight excluding hydrogens is 222 g/mol. The van der Waals surface area contributed by atoms with E-state index in [0.29, 0.717) is 0 Å². The van der Waals surface area contributed by atoms with Crippen molar-refractivity contribution in [1.29, 1.82) is 0 Å². The smallest absolute Gasteiger partial charge is 0.0267 e. The van der Waals surface area contributed by atoms with E-state index in [1.54, 1.807) is 12.4 Å². The second kappa shape index (κ2) is 9.42. The van der Waals surface area contributed by atoms with Crippen molar-refractivity contribution in [3.63, 3.8) is 0 Å². The quantitative estimate of drug-likeness (QED) is 0.773. The van der Waals surface area contributed by atoms with E-state index >= 15 is 0 Å². The number of hydrogen-bond donors (Lipinski definition) is 1. The molecule has 18 heavy (non-hydrogen) atoms. The summed E-state index contributed by atoms with van der Waals surface area (Å²) in [7, 11) is 2.17. The Kier molecular flexibility index (Phi) is 7.57. The van der Waals surface area contributed by atoms with Crippen molar-refractivity contribution in [3.05, 3.63) is 54.6 Å². The van der Waals surface area contributed by atoms with Gasteiger partial charge in [0.1, 0.15) is 0 Å². The molecule has 98 valence electrons. The summed E-state index contributed by atoms with van der Waals surface area (Å²) in [5.41, 5.74) is 1.22. The highest BCUT2D eigenvalue weighted by molar-refractivity contribution is 4.99. The van der Waals surface area contributed by atoms with Gasteiger partial charge in [-0.15, -0.1) is 0 Å². The van der Waals surface area contributed by atoms with Crippen LogP contribution in [0.5, 0.6) is 0 Å². The number of aromatic amines is 1. The molecule has 1 N–H and O–H groups in total. The Morgan fingerprint density at radius 1 is 1.06 bits per heavy atom.